The standard InChI is InChI=1S/C58H45N/c1-57(2)52-35-29-43(38-14-7-5-8-15-38)36-50(52)56-47(33-28-42-16-13-21-53(57)55(42)56)41-24-22-39(23-25-41)40-26-30-45(31-27-40)59(44-17-9-6-10-18-44)46-32-34-49-48-19-11-12-20-51(48)58(3,4)54(49)37-46/h5-37H,1-4H3. The van der Waals surface area contributed by atoms with Gasteiger partial charge in [0.05, 0.1) is 0 Å². The van der Waals surface area contributed by atoms with E-state index in [9.17, 15) is 0 Å². The molecule has 0 radical (unpaired) electrons. The molecule has 0 aromatic heterocycles. The molecular formula is C58H45N. The van der Waals surface area contributed by atoms with Crippen molar-refractivity contribution in [2.24, 2.45) is 0 Å². The molecule has 0 aliphatic heterocycles. The quantitative estimate of drug-likeness (QED) is 0.163. The summed E-state index contributed by atoms with van der Waals surface area (Å²) in [5, 5.41) is 2.66. The maximum atomic E-state index is 2.43. The first-order valence-corrected chi connectivity index (χ1v) is 20.8. The van der Waals surface area contributed by atoms with Crippen LogP contribution in [0.3, 0.4) is 0 Å². The summed E-state index contributed by atoms with van der Waals surface area (Å²) in [4.78, 5) is 2.38. The molecule has 9 aromatic rings. The van der Waals surface area contributed by atoms with Gasteiger partial charge in [-0.25, -0.2) is 0 Å². The lowest BCUT2D eigenvalue weighted by molar-refractivity contribution is 0.645. The van der Waals surface area contributed by atoms with Crippen LogP contribution in [-0.4, -0.2) is 0 Å². The molecule has 1 nitrogen and oxygen atoms in total. The van der Waals surface area contributed by atoms with Gasteiger partial charge < -0.3 is 4.90 Å². The second-order valence-electron chi connectivity index (χ2n) is 17.3. The average molecular weight is 756 g/mol. The van der Waals surface area contributed by atoms with Crippen LogP contribution in [0.25, 0.3) is 66.4 Å². The minimum atomic E-state index is -0.120. The van der Waals surface area contributed by atoms with Gasteiger partial charge in [0.15, 0.2) is 0 Å². The smallest absolute Gasteiger partial charge is 0.0465 e. The van der Waals surface area contributed by atoms with E-state index in [2.05, 4.69) is 233 Å². The zero-order valence-electron chi connectivity index (χ0n) is 34.0. The highest BCUT2D eigenvalue weighted by Gasteiger charge is 2.36. The zero-order valence-corrected chi connectivity index (χ0v) is 34.0. The maximum Gasteiger partial charge on any atom is 0.0465 e. The van der Waals surface area contributed by atoms with Crippen molar-refractivity contribution in [3.8, 4) is 55.6 Å². The summed E-state index contributed by atoms with van der Waals surface area (Å²) in [6, 6.07) is 74.2. The summed E-state index contributed by atoms with van der Waals surface area (Å²) in [5.74, 6) is 0. The Balaban J connectivity index is 0.966. The molecule has 11 rings (SSSR count). The molecular weight excluding hydrogens is 711 g/mol. The fourth-order valence-corrected chi connectivity index (χ4v) is 10.2. The largest absolute Gasteiger partial charge is 0.310 e. The van der Waals surface area contributed by atoms with Gasteiger partial charge in [-0.05, 0) is 131 Å². The summed E-state index contributed by atoms with van der Waals surface area (Å²) in [7, 11) is 0. The fraction of sp³-hybridized carbons (Fsp3) is 0.103. The Labute approximate surface area is 347 Å². The van der Waals surface area contributed by atoms with Gasteiger partial charge in [-0.2, -0.15) is 0 Å². The zero-order chi connectivity index (χ0) is 39.9. The van der Waals surface area contributed by atoms with Crippen molar-refractivity contribution in [3.63, 3.8) is 0 Å². The number of para-hydroxylation sites is 1. The third-order valence-corrected chi connectivity index (χ3v) is 13.3. The monoisotopic (exact) mass is 755 g/mol. The molecule has 282 valence electrons. The number of fused-ring (bicyclic) bond motifs is 5. The van der Waals surface area contributed by atoms with Gasteiger partial charge in [0.2, 0.25) is 0 Å². The van der Waals surface area contributed by atoms with Crippen molar-refractivity contribution in [2.45, 2.75) is 38.5 Å². The number of rotatable bonds is 6. The SMILES string of the molecule is CC1(C)c2ccccc2-c2ccc(N(c3ccccc3)c3ccc(-c4ccc(-c5ccc6cccc7c6c5-c5cc(-c6ccccc6)ccc5C7(C)C)cc4)cc3)cc21. The van der Waals surface area contributed by atoms with Gasteiger partial charge in [0, 0.05) is 27.9 Å². The lowest BCUT2D eigenvalue weighted by Gasteiger charge is -2.36. The van der Waals surface area contributed by atoms with E-state index in [1.807, 2.05) is 0 Å². The topological polar surface area (TPSA) is 3.24 Å². The summed E-state index contributed by atoms with van der Waals surface area (Å²) in [5.41, 5.74) is 21.5. The van der Waals surface area contributed by atoms with E-state index in [0.717, 1.165) is 17.1 Å². The third-order valence-electron chi connectivity index (χ3n) is 13.3. The van der Waals surface area contributed by atoms with Crippen molar-refractivity contribution in [1.82, 2.24) is 0 Å². The highest BCUT2D eigenvalue weighted by atomic mass is 15.1. The number of hydrogen-bond donors (Lipinski definition) is 0. The highest BCUT2D eigenvalue weighted by molar-refractivity contribution is 6.09. The molecule has 0 unspecified atom stereocenters. The van der Waals surface area contributed by atoms with E-state index >= 15 is 0 Å². The molecule has 0 bridgehead atoms. The third kappa shape index (κ3) is 5.53. The number of nitrogens with zero attached hydrogens (tertiary/aromatic N) is 1. The molecule has 0 spiro atoms. The Morgan fingerprint density at radius 3 is 1.59 bits per heavy atom. The van der Waals surface area contributed by atoms with E-state index in [-0.39, 0.29) is 10.8 Å². The van der Waals surface area contributed by atoms with E-state index in [4.69, 9.17) is 0 Å². The predicted molar refractivity (Wildman–Crippen MR) is 250 cm³/mol. The molecule has 0 amide bonds. The summed E-state index contributed by atoms with van der Waals surface area (Å²) >= 11 is 0. The van der Waals surface area contributed by atoms with Gasteiger partial charge in [-0.3, -0.25) is 0 Å². The molecule has 0 N–H and O–H groups in total. The van der Waals surface area contributed by atoms with E-state index in [0.29, 0.717) is 0 Å². The maximum absolute atomic E-state index is 2.43. The molecule has 0 saturated heterocycles. The minimum absolute atomic E-state index is 0.0712. The van der Waals surface area contributed by atoms with Gasteiger partial charge in [0.1, 0.15) is 0 Å². The van der Waals surface area contributed by atoms with Gasteiger partial charge in [0.25, 0.3) is 0 Å². The van der Waals surface area contributed by atoms with Crippen LogP contribution in [0.5, 0.6) is 0 Å². The fourth-order valence-electron chi connectivity index (χ4n) is 10.2. The molecule has 0 heterocycles. The summed E-state index contributed by atoms with van der Waals surface area (Å²) in [6.45, 7) is 9.46. The molecule has 0 atom stereocenters. The Bertz CT molecular complexity index is 3060. The van der Waals surface area contributed by atoms with Crippen LogP contribution in [0.4, 0.5) is 17.1 Å². The molecule has 0 fully saturated rings. The van der Waals surface area contributed by atoms with Crippen molar-refractivity contribution in [1.29, 1.82) is 0 Å². The molecule has 2 aliphatic rings. The lowest BCUT2D eigenvalue weighted by atomic mass is 9.67. The first-order valence-electron chi connectivity index (χ1n) is 20.8. The van der Waals surface area contributed by atoms with Crippen LogP contribution in [0.1, 0.15) is 49.9 Å². The van der Waals surface area contributed by atoms with E-state index < -0.39 is 0 Å². The van der Waals surface area contributed by atoms with Crippen molar-refractivity contribution in [2.75, 3.05) is 4.90 Å². The minimum Gasteiger partial charge on any atom is -0.310 e. The molecule has 0 saturated carbocycles. The van der Waals surface area contributed by atoms with Crippen LogP contribution < -0.4 is 4.90 Å². The lowest BCUT2D eigenvalue weighted by Crippen LogP contribution is -2.24. The second-order valence-corrected chi connectivity index (χ2v) is 17.3. The Hall–Kier alpha value is -6.96. The number of hydrogen-bond acceptors (Lipinski definition) is 1. The molecule has 1 heteroatoms. The predicted octanol–water partition coefficient (Wildman–Crippen LogP) is 15.9. The summed E-state index contributed by atoms with van der Waals surface area (Å²) in [6.07, 6.45) is 0. The van der Waals surface area contributed by atoms with Gasteiger partial charge in [-0.1, -0.05) is 185 Å². The Morgan fingerprint density at radius 1 is 0.305 bits per heavy atom. The van der Waals surface area contributed by atoms with Crippen molar-refractivity contribution in [3.05, 3.63) is 222 Å². The normalized spacial score (nSPS) is 14.0. The number of benzene rings is 9. The Morgan fingerprint density at radius 2 is 0.831 bits per heavy atom. The van der Waals surface area contributed by atoms with Crippen LogP contribution >= 0.6 is 0 Å². The van der Waals surface area contributed by atoms with Gasteiger partial charge >= 0.3 is 0 Å². The first kappa shape index (κ1) is 35.2. The first-order chi connectivity index (χ1) is 28.8. The number of anilines is 3. The summed E-state index contributed by atoms with van der Waals surface area (Å²) < 4.78 is 0. The molecule has 9 aromatic carbocycles. The van der Waals surface area contributed by atoms with Crippen molar-refractivity contribution >= 4 is 27.8 Å². The van der Waals surface area contributed by atoms with Crippen LogP contribution in [-0.2, 0) is 10.8 Å². The van der Waals surface area contributed by atoms with Crippen LogP contribution in [0.15, 0.2) is 200 Å². The second kappa shape index (κ2) is 13.3. The highest BCUT2D eigenvalue weighted by Crippen LogP contribution is 2.53. The van der Waals surface area contributed by atoms with E-state index in [1.165, 1.54) is 88.7 Å². The van der Waals surface area contributed by atoms with E-state index in [1.54, 1.807) is 0 Å². The van der Waals surface area contributed by atoms with Gasteiger partial charge in [-0.15, -0.1) is 0 Å². The van der Waals surface area contributed by atoms with Crippen LogP contribution in [0.2, 0.25) is 0 Å². The molecule has 59 heavy (non-hydrogen) atoms. The van der Waals surface area contributed by atoms with Crippen molar-refractivity contribution < 1.29 is 0 Å². The molecule has 2 aliphatic carbocycles. The van der Waals surface area contributed by atoms with Crippen LogP contribution in [0, 0.1) is 0 Å². The average Bonchev–Trinajstić information content (AvgIpc) is 3.51. The Kier molecular flexibility index (Phi) is 7.94.